The zero-order chi connectivity index (χ0) is 17.9. The van der Waals surface area contributed by atoms with Gasteiger partial charge in [-0.05, 0) is 29.8 Å². The van der Waals surface area contributed by atoms with Crippen LogP contribution in [0.15, 0.2) is 54.6 Å². The Kier molecular flexibility index (Phi) is 7.24. The number of rotatable bonds is 8. The van der Waals surface area contributed by atoms with Gasteiger partial charge in [0.25, 0.3) is 0 Å². The van der Waals surface area contributed by atoms with Gasteiger partial charge in [0, 0.05) is 6.54 Å². The van der Waals surface area contributed by atoms with E-state index in [1.807, 2.05) is 30.3 Å². The van der Waals surface area contributed by atoms with Gasteiger partial charge >= 0.3 is 6.03 Å². The van der Waals surface area contributed by atoms with Crippen LogP contribution in [0.5, 0.6) is 5.75 Å². The molecule has 132 valence electrons. The summed E-state index contributed by atoms with van der Waals surface area (Å²) in [5.74, 6) is 0.0877. The van der Waals surface area contributed by atoms with Crippen molar-refractivity contribution in [1.29, 1.82) is 0 Å². The average molecular weight is 345 g/mol. The molecule has 0 spiro atoms. The lowest BCUT2D eigenvalue weighted by Crippen LogP contribution is -2.42. The number of benzene rings is 2. The summed E-state index contributed by atoms with van der Waals surface area (Å²) in [5, 5.41) is 7.67. The lowest BCUT2D eigenvalue weighted by molar-refractivity contribution is -0.120. The summed E-state index contributed by atoms with van der Waals surface area (Å²) in [6, 6.07) is 14.6. The molecule has 0 saturated heterocycles. The van der Waals surface area contributed by atoms with Crippen molar-refractivity contribution in [2.24, 2.45) is 0 Å². The van der Waals surface area contributed by atoms with Crippen LogP contribution in [-0.2, 0) is 11.3 Å². The van der Waals surface area contributed by atoms with Crippen LogP contribution >= 0.6 is 0 Å². The van der Waals surface area contributed by atoms with Gasteiger partial charge in [-0.2, -0.15) is 0 Å². The van der Waals surface area contributed by atoms with Gasteiger partial charge in [0.2, 0.25) is 5.91 Å². The van der Waals surface area contributed by atoms with E-state index in [9.17, 15) is 14.0 Å². The van der Waals surface area contributed by atoms with Crippen molar-refractivity contribution in [3.05, 3.63) is 66.0 Å². The Morgan fingerprint density at radius 2 is 1.64 bits per heavy atom. The highest BCUT2D eigenvalue weighted by molar-refractivity contribution is 5.83. The van der Waals surface area contributed by atoms with Crippen LogP contribution in [0.2, 0.25) is 0 Å². The van der Waals surface area contributed by atoms with Crippen LogP contribution in [0.3, 0.4) is 0 Å². The fraction of sp³-hybridized carbons (Fsp3) is 0.222. The van der Waals surface area contributed by atoms with Crippen molar-refractivity contribution in [3.63, 3.8) is 0 Å². The maximum Gasteiger partial charge on any atom is 0.315 e. The first-order valence-electron chi connectivity index (χ1n) is 7.84. The number of hydrogen-bond acceptors (Lipinski definition) is 3. The SMILES string of the molecule is O=C(CNC(=O)NCc1ccc(F)cc1)NCCOc1ccccc1. The average Bonchev–Trinajstić information content (AvgIpc) is 2.64. The Morgan fingerprint density at radius 1 is 0.920 bits per heavy atom. The molecular formula is C18H20FN3O3. The number of urea groups is 1. The van der Waals surface area contributed by atoms with Crippen LogP contribution in [-0.4, -0.2) is 31.6 Å². The summed E-state index contributed by atoms with van der Waals surface area (Å²) in [6.45, 7) is 0.790. The summed E-state index contributed by atoms with van der Waals surface area (Å²) < 4.78 is 18.2. The second kappa shape index (κ2) is 9.92. The van der Waals surface area contributed by atoms with Crippen molar-refractivity contribution >= 4 is 11.9 Å². The number of carbonyl (C=O) groups is 2. The fourth-order valence-electron chi connectivity index (χ4n) is 1.95. The van der Waals surface area contributed by atoms with Gasteiger partial charge in [-0.15, -0.1) is 0 Å². The molecule has 0 aliphatic rings. The van der Waals surface area contributed by atoms with E-state index >= 15 is 0 Å². The van der Waals surface area contributed by atoms with Crippen molar-refractivity contribution in [1.82, 2.24) is 16.0 Å². The zero-order valence-corrected chi connectivity index (χ0v) is 13.6. The smallest absolute Gasteiger partial charge is 0.315 e. The predicted molar refractivity (Wildman–Crippen MR) is 91.6 cm³/mol. The molecular weight excluding hydrogens is 325 g/mol. The molecule has 0 aliphatic carbocycles. The van der Waals surface area contributed by atoms with Crippen LogP contribution in [0.4, 0.5) is 9.18 Å². The zero-order valence-electron chi connectivity index (χ0n) is 13.6. The molecule has 2 rings (SSSR count). The number of ether oxygens (including phenoxy) is 1. The summed E-state index contributed by atoms with van der Waals surface area (Å²) in [6.07, 6.45) is 0. The van der Waals surface area contributed by atoms with Gasteiger partial charge in [-0.25, -0.2) is 9.18 Å². The number of halogens is 1. The maximum absolute atomic E-state index is 12.8. The number of hydrogen-bond donors (Lipinski definition) is 3. The highest BCUT2D eigenvalue weighted by atomic mass is 19.1. The van der Waals surface area contributed by atoms with Gasteiger partial charge in [-0.3, -0.25) is 4.79 Å². The molecule has 0 aliphatic heterocycles. The number of carbonyl (C=O) groups excluding carboxylic acids is 2. The predicted octanol–water partition coefficient (Wildman–Crippen LogP) is 1.82. The fourth-order valence-corrected chi connectivity index (χ4v) is 1.95. The number of para-hydroxylation sites is 1. The van der Waals surface area contributed by atoms with Crippen molar-refractivity contribution in [2.45, 2.75) is 6.54 Å². The van der Waals surface area contributed by atoms with Gasteiger partial charge < -0.3 is 20.7 Å². The standard InChI is InChI=1S/C18H20FN3O3/c19-15-8-6-14(7-9-15)12-21-18(24)22-13-17(23)20-10-11-25-16-4-2-1-3-5-16/h1-9H,10-13H2,(H,20,23)(H2,21,22,24). The molecule has 2 aromatic carbocycles. The second-order valence-corrected chi connectivity index (χ2v) is 5.17. The molecule has 0 heterocycles. The minimum Gasteiger partial charge on any atom is -0.492 e. The van der Waals surface area contributed by atoms with Crippen LogP contribution in [0.1, 0.15) is 5.56 Å². The molecule has 3 N–H and O–H groups in total. The molecule has 7 heteroatoms. The van der Waals surface area contributed by atoms with E-state index in [4.69, 9.17) is 4.74 Å². The van der Waals surface area contributed by atoms with E-state index in [1.54, 1.807) is 12.1 Å². The molecule has 0 bridgehead atoms. The Balaban J connectivity index is 1.54. The third kappa shape index (κ3) is 7.34. The quantitative estimate of drug-likeness (QED) is 0.639. The van der Waals surface area contributed by atoms with Gasteiger partial charge in [0.15, 0.2) is 0 Å². The minimum atomic E-state index is -0.472. The molecule has 6 nitrogen and oxygen atoms in total. The van der Waals surface area contributed by atoms with Crippen molar-refractivity contribution in [3.8, 4) is 5.75 Å². The number of nitrogens with one attached hydrogen (secondary N) is 3. The molecule has 0 radical (unpaired) electrons. The first-order valence-corrected chi connectivity index (χ1v) is 7.84. The first kappa shape index (κ1) is 18.3. The molecule has 0 fully saturated rings. The Hall–Kier alpha value is -3.09. The van der Waals surface area contributed by atoms with E-state index in [0.717, 1.165) is 11.3 Å². The highest BCUT2D eigenvalue weighted by Crippen LogP contribution is 2.07. The minimum absolute atomic E-state index is 0.138. The van der Waals surface area contributed by atoms with Crippen molar-refractivity contribution < 1.29 is 18.7 Å². The van der Waals surface area contributed by atoms with Gasteiger partial charge in [0.1, 0.15) is 18.2 Å². The Bertz CT molecular complexity index is 678. The summed E-state index contributed by atoms with van der Waals surface area (Å²) >= 11 is 0. The molecule has 2 aromatic rings. The molecule has 3 amide bonds. The largest absolute Gasteiger partial charge is 0.492 e. The van der Waals surface area contributed by atoms with Crippen LogP contribution in [0, 0.1) is 5.82 Å². The van der Waals surface area contributed by atoms with Gasteiger partial charge in [-0.1, -0.05) is 30.3 Å². The lowest BCUT2D eigenvalue weighted by atomic mass is 10.2. The monoisotopic (exact) mass is 345 g/mol. The third-order valence-corrected chi connectivity index (χ3v) is 3.21. The highest BCUT2D eigenvalue weighted by Gasteiger charge is 2.05. The molecule has 0 aromatic heterocycles. The first-order chi connectivity index (χ1) is 12.1. The normalized spacial score (nSPS) is 9.96. The van der Waals surface area contributed by atoms with E-state index in [2.05, 4.69) is 16.0 Å². The molecule has 0 unspecified atom stereocenters. The molecule has 0 saturated carbocycles. The van der Waals surface area contributed by atoms with Gasteiger partial charge in [0.05, 0.1) is 13.1 Å². The van der Waals surface area contributed by atoms with Crippen molar-refractivity contribution in [2.75, 3.05) is 19.7 Å². The van der Waals surface area contributed by atoms with E-state index in [0.29, 0.717) is 13.2 Å². The topological polar surface area (TPSA) is 79.5 Å². The summed E-state index contributed by atoms with van der Waals surface area (Å²) in [7, 11) is 0. The number of amides is 3. The second-order valence-electron chi connectivity index (χ2n) is 5.17. The van der Waals surface area contributed by atoms with Crippen LogP contribution < -0.4 is 20.7 Å². The maximum atomic E-state index is 12.8. The van der Waals surface area contributed by atoms with E-state index < -0.39 is 6.03 Å². The Morgan fingerprint density at radius 3 is 2.36 bits per heavy atom. The summed E-state index contributed by atoms with van der Waals surface area (Å²) in [4.78, 5) is 23.2. The van der Waals surface area contributed by atoms with Crippen LogP contribution in [0.25, 0.3) is 0 Å². The summed E-state index contributed by atoms with van der Waals surface area (Å²) in [5.41, 5.74) is 0.763. The third-order valence-electron chi connectivity index (χ3n) is 3.21. The Labute approximate surface area is 145 Å². The van der Waals surface area contributed by atoms with E-state index in [1.165, 1.54) is 12.1 Å². The molecule has 0 atom stereocenters. The lowest BCUT2D eigenvalue weighted by Gasteiger charge is -2.09. The van der Waals surface area contributed by atoms with E-state index in [-0.39, 0.29) is 24.8 Å². The molecule has 25 heavy (non-hydrogen) atoms.